The highest BCUT2D eigenvalue weighted by atomic mass is 35.5. The molecule has 0 saturated heterocycles. The van der Waals surface area contributed by atoms with Crippen LogP contribution in [0.4, 0.5) is 0 Å². The third kappa shape index (κ3) is 12.1. The third-order valence-corrected chi connectivity index (χ3v) is 7.36. The number of carbonyl (C=O) groups excluding carboxylic acids is 5. The molecule has 0 radical (unpaired) electrons. The number of amides is 4. The van der Waals surface area contributed by atoms with E-state index in [4.69, 9.17) is 10.8 Å². The minimum absolute atomic E-state index is 0. The number of ketones is 1. The molecule has 50 heavy (non-hydrogen) atoms. The summed E-state index contributed by atoms with van der Waals surface area (Å²) >= 11 is 0. The highest BCUT2D eigenvalue weighted by molar-refractivity contribution is 6.06. The number of hydrogen-bond acceptors (Lipinski definition) is 10. The largest absolute Gasteiger partial charge is 0.480 e. The van der Waals surface area contributed by atoms with Crippen LogP contribution in [0.1, 0.15) is 81.6 Å². The second-order valence-corrected chi connectivity index (χ2v) is 12.0. The maximum absolute atomic E-state index is 13.4. The van der Waals surface area contributed by atoms with Gasteiger partial charge in [0.1, 0.15) is 17.4 Å². The molecule has 0 aliphatic carbocycles. The number of carboxylic acids is 1. The Hall–Kier alpha value is -5.13. The zero-order valence-electron chi connectivity index (χ0n) is 28.2. The van der Waals surface area contributed by atoms with Crippen LogP contribution in [0.15, 0.2) is 43.0 Å². The Balaban J connectivity index is 0.00000867. The van der Waals surface area contributed by atoms with E-state index in [1.165, 1.54) is 13.3 Å². The van der Waals surface area contributed by atoms with Crippen LogP contribution in [0.2, 0.25) is 0 Å². The monoisotopic (exact) mass is 716 g/mol. The number of nitrogens with zero attached hydrogens (tertiary/aromatic N) is 2. The van der Waals surface area contributed by atoms with Crippen molar-refractivity contribution < 1.29 is 33.9 Å². The van der Waals surface area contributed by atoms with Gasteiger partial charge in [0.05, 0.1) is 25.2 Å². The fourth-order valence-electron chi connectivity index (χ4n) is 4.85. The van der Waals surface area contributed by atoms with Crippen molar-refractivity contribution in [3.05, 3.63) is 71.3 Å². The second-order valence-electron chi connectivity index (χ2n) is 12.0. The maximum Gasteiger partial charge on any atom is 0.325 e. The summed E-state index contributed by atoms with van der Waals surface area (Å²) in [5.74, 6) is -4.08. The number of H-pyrrole nitrogens is 2. The molecular formula is C32H45ClN10O7. The van der Waals surface area contributed by atoms with E-state index in [1.807, 2.05) is 44.2 Å². The van der Waals surface area contributed by atoms with E-state index in [9.17, 15) is 28.8 Å². The average Bonchev–Trinajstić information content (AvgIpc) is 3.75. The Labute approximate surface area is 295 Å². The van der Waals surface area contributed by atoms with Gasteiger partial charge in [-0.25, -0.2) is 9.97 Å². The van der Waals surface area contributed by atoms with Crippen molar-refractivity contribution in [3.8, 4) is 0 Å². The number of nitrogens with one attached hydrogen (secondary N) is 7. The average molecular weight is 717 g/mol. The fraction of sp³-hybridized carbons (Fsp3) is 0.438. The van der Waals surface area contributed by atoms with Gasteiger partial charge in [-0.05, 0) is 38.2 Å². The smallest absolute Gasteiger partial charge is 0.325 e. The van der Waals surface area contributed by atoms with E-state index < -0.39 is 47.7 Å². The fourth-order valence-corrected chi connectivity index (χ4v) is 4.85. The van der Waals surface area contributed by atoms with Crippen LogP contribution in [0.5, 0.6) is 0 Å². The molecule has 0 bridgehead atoms. The summed E-state index contributed by atoms with van der Waals surface area (Å²) in [4.78, 5) is 89.3. The second kappa shape index (κ2) is 19.8. The van der Waals surface area contributed by atoms with Gasteiger partial charge in [0, 0.05) is 25.2 Å². The lowest BCUT2D eigenvalue weighted by Crippen LogP contribution is -2.48. The van der Waals surface area contributed by atoms with Crippen LogP contribution < -0.4 is 32.3 Å². The zero-order valence-corrected chi connectivity index (χ0v) is 29.1. The quantitative estimate of drug-likeness (QED) is 0.0808. The molecule has 2 aromatic heterocycles. The number of aromatic amines is 2. The topological polar surface area (TPSA) is 266 Å². The molecule has 0 aliphatic heterocycles. The van der Waals surface area contributed by atoms with Gasteiger partial charge in [0.2, 0.25) is 0 Å². The van der Waals surface area contributed by atoms with E-state index in [1.54, 1.807) is 6.92 Å². The third-order valence-electron chi connectivity index (χ3n) is 7.36. The number of aromatic nitrogens is 4. The van der Waals surface area contributed by atoms with Crippen LogP contribution in [0.25, 0.3) is 0 Å². The van der Waals surface area contributed by atoms with Crippen LogP contribution in [-0.2, 0) is 16.0 Å². The van der Waals surface area contributed by atoms with Crippen LogP contribution in [0, 0.1) is 5.92 Å². The van der Waals surface area contributed by atoms with Crippen LogP contribution >= 0.6 is 12.4 Å². The van der Waals surface area contributed by atoms with Gasteiger partial charge in [0.15, 0.2) is 17.2 Å². The van der Waals surface area contributed by atoms with Crippen molar-refractivity contribution >= 4 is 47.8 Å². The number of carbonyl (C=O) groups is 6. The Morgan fingerprint density at radius 1 is 0.800 bits per heavy atom. The molecule has 4 atom stereocenters. The summed E-state index contributed by atoms with van der Waals surface area (Å²) in [6.45, 7) is 7.13. The molecule has 2 heterocycles. The van der Waals surface area contributed by atoms with Gasteiger partial charge in [-0.1, -0.05) is 44.2 Å². The number of carboxylic acid groups (broad SMARTS) is 1. The Morgan fingerprint density at radius 3 is 1.90 bits per heavy atom. The first kappa shape index (κ1) is 41.0. The Kier molecular flexibility index (Phi) is 16.2. The first-order valence-electron chi connectivity index (χ1n) is 15.8. The summed E-state index contributed by atoms with van der Waals surface area (Å²) in [5.41, 5.74) is 5.96. The van der Waals surface area contributed by atoms with E-state index >= 15 is 0 Å². The molecule has 0 fully saturated rings. The summed E-state index contributed by atoms with van der Waals surface area (Å²) in [6.07, 6.45) is 3.18. The lowest BCUT2D eigenvalue weighted by molar-refractivity contribution is -0.138. The molecule has 272 valence electrons. The van der Waals surface area contributed by atoms with Crippen molar-refractivity contribution in [2.45, 2.75) is 64.7 Å². The van der Waals surface area contributed by atoms with Gasteiger partial charge < -0.3 is 47.4 Å². The number of hydrogen-bond donors (Lipinski definition) is 9. The Morgan fingerprint density at radius 2 is 1.36 bits per heavy atom. The van der Waals surface area contributed by atoms with Crippen LogP contribution in [-0.4, -0.2) is 104 Å². The van der Waals surface area contributed by atoms with Crippen LogP contribution in [0.3, 0.4) is 0 Å². The molecule has 17 nitrogen and oxygen atoms in total. The molecular weight excluding hydrogens is 672 g/mol. The lowest BCUT2D eigenvalue weighted by Gasteiger charge is -2.20. The van der Waals surface area contributed by atoms with E-state index in [2.05, 4.69) is 46.5 Å². The molecule has 1 aromatic carbocycles. The minimum atomic E-state index is -1.24. The summed E-state index contributed by atoms with van der Waals surface area (Å²) in [6, 6.07) is 6.08. The van der Waals surface area contributed by atoms with E-state index in [0.717, 1.165) is 11.9 Å². The molecule has 3 rings (SSSR count). The van der Waals surface area contributed by atoms with Crippen molar-refractivity contribution in [1.82, 2.24) is 46.5 Å². The first-order valence-corrected chi connectivity index (χ1v) is 15.8. The number of aliphatic carboxylic acids is 1. The minimum Gasteiger partial charge on any atom is -0.480 e. The highest BCUT2D eigenvalue weighted by Gasteiger charge is 2.28. The SMILES string of the molecule is CC(C)C[C@@H](CN)NC(=O)c1nc[nH]c1C(=O)N[C@@H](Cc1ccccc1)C(=O)CNC[C@H](C)NC(=O)c1nc[nH]c1C(=O)N[C@@H](C)C(=O)O.Cl. The maximum atomic E-state index is 13.4. The van der Waals surface area contributed by atoms with Gasteiger partial charge >= 0.3 is 5.97 Å². The van der Waals surface area contributed by atoms with Gasteiger partial charge in [-0.15, -0.1) is 12.4 Å². The van der Waals surface area contributed by atoms with E-state index in [0.29, 0.717) is 6.42 Å². The molecule has 0 aliphatic rings. The molecule has 0 spiro atoms. The number of nitrogens with two attached hydrogens (primary N) is 1. The van der Waals surface area contributed by atoms with E-state index in [-0.39, 0.29) is 79.0 Å². The molecule has 3 aromatic rings. The lowest BCUT2D eigenvalue weighted by atomic mass is 10.0. The van der Waals surface area contributed by atoms with Gasteiger partial charge in [-0.3, -0.25) is 28.8 Å². The summed E-state index contributed by atoms with van der Waals surface area (Å²) < 4.78 is 0. The van der Waals surface area contributed by atoms with Gasteiger partial charge in [0.25, 0.3) is 23.6 Å². The zero-order chi connectivity index (χ0) is 36.1. The number of Topliss-reactive ketones (excluding diaryl/α,β-unsaturated/α-hetero) is 1. The number of imidazole rings is 2. The van der Waals surface area contributed by atoms with Gasteiger partial charge in [-0.2, -0.15) is 0 Å². The molecule has 18 heteroatoms. The predicted octanol–water partition coefficient (Wildman–Crippen LogP) is 0.179. The van der Waals surface area contributed by atoms with Crippen molar-refractivity contribution in [3.63, 3.8) is 0 Å². The van der Waals surface area contributed by atoms with Crippen molar-refractivity contribution in [2.75, 3.05) is 19.6 Å². The normalized spacial score (nSPS) is 13.2. The number of benzene rings is 1. The summed E-state index contributed by atoms with van der Waals surface area (Å²) in [7, 11) is 0. The predicted molar refractivity (Wildman–Crippen MR) is 185 cm³/mol. The Bertz CT molecular complexity index is 1610. The standard InChI is InChI=1S/C32H44N10O7.ClH/c1-17(2)10-21(12-33)41-30(46)26-27(38-16-37-26)31(47)42-22(11-20-8-6-5-7-9-20)23(43)14-34-13-18(3)39-28(44)24-25(36-15-35-24)29(45)40-19(4)32(48)49;/h5-9,15-19,21-22,34H,10-14,33H2,1-4H3,(H,35,36)(H,37,38)(H,39,44)(H,40,45)(H,41,46)(H,42,47)(H,48,49);1H/t18-,19-,21-,22-;/m0./s1. The van der Waals surface area contributed by atoms with Crippen molar-refractivity contribution in [1.29, 1.82) is 0 Å². The summed E-state index contributed by atoms with van der Waals surface area (Å²) in [5, 5.41) is 22.5. The van der Waals surface area contributed by atoms with Crippen molar-refractivity contribution in [2.24, 2.45) is 11.7 Å². The highest BCUT2D eigenvalue weighted by Crippen LogP contribution is 2.10. The molecule has 4 amide bonds. The molecule has 0 saturated carbocycles. The first-order chi connectivity index (χ1) is 23.3. The number of rotatable bonds is 19. The molecule has 0 unspecified atom stereocenters. The number of halogens is 1. The molecule has 10 N–H and O–H groups in total.